The van der Waals surface area contributed by atoms with Crippen molar-refractivity contribution < 1.29 is 14.4 Å². The number of nitrogens with zero attached hydrogens (tertiary/aromatic N) is 2. The zero-order valence-electron chi connectivity index (χ0n) is 17.3. The Bertz CT molecular complexity index is 920. The van der Waals surface area contributed by atoms with Crippen molar-refractivity contribution in [3.05, 3.63) is 66.4 Å². The lowest BCUT2D eigenvalue weighted by atomic mass is 10.1. The zero-order valence-corrected chi connectivity index (χ0v) is 17.3. The molecule has 29 heavy (non-hydrogen) atoms. The van der Waals surface area contributed by atoms with Crippen molar-refractivity contribution in [1.82, 2.24) is 15.1 Å². The van der Waals surface area contributed by atoms with Crippen LogP contribution in [0.15, 0.2) is 60.8 Å². The molecule has 1 amide bonds. The van der Waals surface area contributed by atoms with Gasteiger partial charge in [0, 0.05) is 18.3 Å². The van der Waals surface area contributed by atoms with E-state index in [0.29, 0.717) is 13.1 Å². The summed E-state index contributed by atoms with van der Waals surface area (Å²) in [5.74, 6) is 0.888. The number of nitrogens with one attached hydrogen (secondary N) is 2. The topological polar surface area (TPSA) is 60.6 Å². The maximum Gasteiger partial charge on any atom is 0.275 e. The number of quaternary nitrogens is 1. The number of methoxy groups -OCH3 is 1. The summed E-state index contributed by atoms with van der Waals surface area (Å²) < 4.78 is 7.18. The van der Waals surface area contributed by atoms with Gasteiger partial charge in [0.15, 0.2) is 6.54 Å². The average molecular weight is 394 g/mol. The number of para-hydroxylation sites is 1. The molecule has 1 atom stereocenters. The lowest BCUT2D eigenvalue weighted by Crippen LogP contribution is -3.08. The van der Waals surface area contributed by atoms with E-state index < -0.39 is 0 Å². The standard InChI is InChI=1S/C23H28N4O2/c1-4-14-24-22(28)17-26(2)15-19-16-27(20-8-6-5-7-9-20)25-23(19)18-10-12-21(29-3)13-11-18/h5-13,16H,4,14-15,17H2,1-3H3,(H,24,28)/p+1. The molecule has 0 aliphatic rings. The van der Waals surface area contributed by atoms with Gasteiger partial charge in [-0.15, -0.1) is 0 Å². The highest BCUT2D eigenvalue weighted by molar-refractivity contribution is 5.76. The van der Waals surface area contributed by atoms with Crippen molar-refractivity contribution in [2.24, 2.45) is 0 Å². The minimum absolute atomic E-state index is 0.0748. The van der Waals surface area contributed by atoms with Crippen LogP contribution in [0, 0.1) is 0 Å². The smallest absolute Gasteiger partial charge is 0.275 e. The summed E-state index contributed by atoms with van der Waals surface area (Å²) >= 11 is 0. The first-order valence-electron chi connectivity index (χ1n) is 9.97. The number of hydrogen-bond acceptors (Lipinski definition) is 3. The number of ether oxygens (including phenoxy) is 1. The summed E-state index contributed by atoms with van der Waals surface area (Å²) in [5, 5.41) is 7.79. The van der Waals surface area contributed by atoms with Crippen LogP contribution in [0.1, 0.15) is 18.9 Å². The van der Waals surface area contributed by atoms with Crippen LogP contribution in [0.2, 0.25) is 0 Å². The van der Waals surface area contributed by atoms with Gasteiger partial charge in [0.1, 0.15) is 18.0 Å². The Hall–Kier alpha value is -3.12. The maximum atomic E-state index is 12.1. The second kappa shape index (κ2) is 9.89. The molecule has 1 heterocycles. The first kappa shape index (κ1) is 20.6. The molecule has 0 radical (unpaired) electrons. The second-order valence-electron chi connectivity index (χ2n) is 7.17. The van der Waals surface area contributed by atoms with Crippen LogP contribution >= 0.6 is 0 Å². The molecule has 2 aromatic carbocycles. The van der Waals surface area contributed by atoms with Crippen molar-refractivity contribution in [3.8, 4) is 22.7 Å². The highest BCUT2D eigenvalue weighted by Gasteiger charge is 2.18. The molecule has 1 unspecified atom stereocenters. The summed E-state index contributed by atoms with van der Waals surface area (Å²) in [4.78, 5) is 13.2. The van der Waals surface area contributed by atoms with Gasteiger partial charge < -0.3 is 15.0 Å². The third kappa shape index (κ3) is 5.45. The molecule has 3 aromatic rings. The second-order valence-corrected chi connectivity index (χ2v) is 7.17. The SMILES string of the molecule is CCCNC(=O)C[NH+](C)Cc1cn(-c2ccccc2)nc1-c1ccc(OC)cc1. The largest absolute Gasteiger partial charge is 0.497 e. The third-order valence-electron chi connectivity index (χ3n) is 4.70. The van der Waals surface area contributed by atoms with Crippen LogP contribution in [-0.2, 0) is 11.3 Å². The summed E-state index contributed by atoms with van der Waals surface area (Å²) in [6.07, 6.45) is 3.00. The van der Waals surface area contributed by atoms with Crippen molar-refractivity contribution in [2.45, 2.75) is 19.9 Å². The number of benzene rings is 2. The highest BCUT2D eigenvalue weighted by atomic mass is 16.5. The number of amides is 1. The quantitative estimate of drug-likeness (QED) is 0.585. The molecule has 3 rings (SSSR count). The van der Waals surface area contributed by atoms with Gasteiger partial charge >= 0.3 is 0 Å². The molecule has 6 nitrogen and oxygen atoms in total. The Labute approximate surface area is 172 Å². The minimum atomic E-state index is 0.0748. The molecule has 0 saturated carbocycles. The monoisotopic (exact) mass is 393 g/mol. The van der Waals surface area contributed by atoms with E-state index in [-0.39, 0.29) is 5.91 Å². The third-order valence-corrected chi connectivity index (χ3v) is 4.70. The molecule has 152 valence electrons. The summed E-state index contributed by atoms with van der Waals surface area (Å²) in [6, 6.07) is 18.0. The van der Waals surface area contributed by atoms with Crippen molar-refractivity contribution in [1.29, 1.82) is 0 Å². The van der Waals surface area contributed by atoms with Gasteiger partial charge in [-0.25, -0.2) is 4.68 Å². The van der Waals surface area contributed by atoms with Crippen molar-refractivity contribution >= 4 is 5.91 Å². The van der Waals surface area contributed by atoms with Crippen LogP contribution in [0.25, 0.3) is 16.9 Å². The van der Waals surface area contributed by atoms with E-state index in [9.17, 15) is 4.79 Å². The van der Waals surface area contributed by atoms with E-state index in [0.717, 1.165) is 46.1 Å². The highest BCUT2D eigenvalue weighted by Crippen LogP contribution is 2.25. The van der Waals surface area contributed by atoms with Crippen LogP contribution in [0.4, 0.5) is 0 Å². The molecule has 1 aromatic heterocycles. The normalized spacial score (nSPS) is 11.8. The van der Waals surface area contributed by atoms with Crippen molar-refractivity contribution in [3.63, 3.8) is 0 Å². The van der Waals surface area contributed by atoms with Crippen LogP contribution in [-0.4, -0.2) is 42.9 Å². The van der Waals surface area contributed by atoms with E-state index in [1.807, 2.05) is 66.3 Å². The lowest BCUT2D eigenvalue weighted by molar-refractivity contribution is -0.885. The Balaban J connectivity index is 1.87. The number of carbonyl (C=O) groups excluding carboxylic acids is 1. The van der Waals surface area contributed by atoms with E-state index >= 15 is 0 Å². The lowest BCUT2D eigenvalue weighted by Gasteiger charge is -2.13. The fraction of sp³-hybridized carbons (Fsp3) is 0.304. The Morgan fingerprint density at radius 1 is 1.14 bits per heavy atom. The molecule has 0 aliphatic carbocycles. The fourth-order valence-corrected chi connectivity index (χ4v) is 3.23. The van der Waals surface area contributed by atoms with Gasteiger partial charge in [-0.3, -0.25) is 4.79 Å². The van der Waals surface area contributed by atoms with Gasteiger partial charge in [0.25, 0.3) is 5.91 Å². The van der Waals surface area contributed by atoms with Gasteiger partial charge in [-0.05, 0) is 42.8 Å². The maximum absolute atomic E-state index is 12.1. The van der Waals surface area contributed by atoms with Gasteiger partial charge in [-0.2, -0.15) is 5.10 Å². The molecule has 0 fully saturated rings. The van der Waals surface area contributed by atoms with E-state index in [1.54, 1.807) is 7.11 Å². The Morgan fingerprint density at radius 2 is 1.86 bits per heavy atom. The summed E-state index contributed by atoms with van der Waals surface area (Å²) in [5.41, 5.74) is 4.05. The number of hydrogen-bond donors (Lipinski definition) is 2. The van der Waals surface area contributed by atoms with Gasteiger partial charge in [0.2, 0.25) is 0 Å². The fourth-order valence-electron chi connectivity index (χ4n) is 3.23. The molecule has 0 bridgehead atoms. The zero-order chi connectivity index (χ0) is 20.6. The molecular formula is C23H29N4O2+. The van der Waals surface area contributed by atoms with E-state index in [2.05, 4.69) is 18.4 Å². The first-order valence-corrected chi connectivity index (χ1v) is 9.97. The number of rotatable bonds is 9. The van der Waals surface area contributed by atoms with Gasteiger partial charge in [0.05, 0.1) is 25.4 Å². The summed E-state index contributed by atoms with van der Waals surface area (Å²) in [6.45, 7) is 3.90. The number of likely N-dealkylation sites (N-methyl/N-ethyl adjacent to an activating group) is 1. The number of carbonyl (C=O) groups is 1. The average Bonchev–Trinajstić information content (AvgIpc) is 3.16. The summed E-state index contributed by atoms with van der Waals surface area (Å²) in [7, 11) is 3.69. The molecule has 0 spiro atoms. The molecular weight excluding hydrogens is 364 g/mol. The van der Waals surface area contributed by atoms with Crippen LogP contribution < -0.4 is 15.0 Å². The molecule has 2 N–H and O–H groups in total. The Kier molecular flexibility index (Phi) is 7.03. The predicted molar refractivity (Wildman–Crippen MR) is 114 cm³/mol. The molecule has 0 saturated heterocycles. The van der Waals surface area contributed by atoms with Crippen LogP contribution in [0.3, 0.4) is 0 Å². The Morgan fingerprint density at radius 3 is 2.52 bits per heavy atom. The van der Waals surface area contributed by atoms with Crippen LogP contribution in [0.5, 0.6) is 5.75 Å². The van der Waals surface area contributed by atoms with Gasteiger partial charge in [-0.1, -0.05) is 25.1 Å². The molecule has 6 heteroatoms. The van der Waals surface area contributed by atoms with E-state index in [4.69, 9.17) is 9.84 Å². The minimum Gasteiger partial charge on any atom is -0.497 e. The predicted octanol–water partition coefficient (Wildman–Crippen LogP) is 2.09. The molecule has 0 aliphatic heterocycles. The number of aromatic nitrogens is 2. The van der Waals surface area contributed by atoms with E-state index in [1.165, 1.54) is 0 Å². The first-order chi connectivity index (χ1) is 14.1. The van der Waals surface area contributed by atoms with Crippen molar-refractivity contribution in [2.75, 3.05) is 27.2 Å².